The van der Waals surface area contributed by atoms with Crippen molar-refractivity contribution in [3.63, 3.8) is 0 Å². The lowest BCUT2D eigenvalue weighted by atomic mass is 10.1. The third-order valence-electron chi connectivity index (χ3n) is 4.31. The SMILES string of the molecule is CN=C(NCCNC(=O)Cc1ccc(F)cc1)NCC1COc2ccccc2O1. The summed E-state index contributed by atoms with van der Waals surface area (Å²) in [6.07, 6.45) is 0.0900. The summed E-state index contributed by atoms with van der Waals surface area (Å²) in [6.45, 7) is 1.95. The number of para-hydroxylation sites is 2. The zero-order valence-corrected chi connectivity index (χ0v) is 16.3. The largest absolute Gasteiger partial charge is 0.486 e. The Labute approximate surface area is 169 Å². The predicted octanol–water partition coefficient (Wildman–Crippen LogP) is 1.49. The van der Waals surface area contributed by atoms with Gasteiger partial charge in [0, 0.05) is 20.1 Å². The molecule has 0 spiro atoms. The average Bonchev–Trinajstić information content (AvgIpc) is 2.74. The maximum atomic E-state index is 12.9. The monoisotopic (exact) mass is 400 g/mol. The van der Waals surface area contributed by atoms with E-state index in [1.54, 1.807) is 19.2 Å². The molecule has 3 N–H and O–H groups in total. The summed E-state index contributed by atoms with van der Waals surface area (Å²) in [6, 6.07) is 13.5. The van der Waals surface area contributed by atoms with Crippen molar-refractivity contribution in [3.05, 3.63) is 59.9 Å². The molecule has 0 fully saturated rings. The average molecular weight is 400 g/mol. The molecular formula is C21H25FN4O3. The quantitative estimate of drug-likeness (QED) is 0.373. The van der Waals surface area contributed by atoms with Crippen molar-refractivity contribution >= 4 is 11.9 Å². The van der Waals surface area contributed by atoms with E-state index < -0.39 is 0 Å². The first kappa shape index (κ1) is 20.4. The van der Waals surface area contributed by atoms with Gasteiger partial charge < -0.3 is 25.4 Å². The first-order valence-corrected chi connectivity index (χ1v) is 9.48. The fourth-order valence-electron chi connectivity index (χ4n) is 2.83. The smallest absolute Gasteiger partial charge is 0.224 e. The van der Waals surface area contributed by atoms with Crippen LogP contribution in [0.25, 0.3) is 0 Å². The highest BCUT2D eigenvalue weighted by molar-refractivity contribution is 5.80. The summed E-state index contributed by atoms with van der Waals surface area (Å²) in [7, 11) is 1.68. The Bertz CT molecular complexity index is 842. The molecule has 7 nitrogen and oxygen atoms in total. The minimum atomic E-state index is -0.313. The number of rotatable bonds is 7. The number of benzene rings is 2. The highest BCUT2D eigenvalue weighted by atomic mass is 19.1. The highest BCUT2D eigenvalue weighted by Crippen LogP contribution is 2.30. The molecule has 0 aliphatic carbocycles. The van der Waals surface area contributed by atoms with Crippen molar-refractivity contribution in [1.82, 2.24) is 16.0 Å². The lowest BCUT2D eigenvalue weighted by molar-refractivity contribution is -0.120. The maximum absolute atomic E-state index is 12.9. The third-order valence-corrected chi connectivity index (χ3v) is 4.31. The summed E-state index contributed by atoms with van der Waals surface area (Å²) in [5.41, 5.74) is 0.769. The standard InChI is InChI=1S/C21H25FN4O3/c1-23-21(26-13-17-14-28-18-4-2-3-5-19(18)29-17)25-11-10-24-20(27)12-15-6-8-16(22)9-7-15/h2-9,17H,10-14H2,1H3,(H,24,27)(H2,23,25,26). The first-order chi connectivity index (χ1) is 14.1. The molecule has 1 amide bonds. The van der Waals surface area contributed by atoms with E-state index in [0.717, 1.165) is 17.1 Å². The Hall–Kier alpha value is -3.29. The molecule has 3 rings (SSSR count). The fraction of sp³-hybridized carbons (Fsp3) is 0.333. The second kappa shape index (κ2) is 10.3. The first-order valence-electron chi connectivity index (χ1n) is 9.48. The molecule has 0 saturated heterocycles. The molecule has 1 heterocycles. The van der Waals surface area contributed by atoms with Crippen LogP contribution in [0.1, 0.15) is 5.56 Å². The van der Waals surface area contributed by atoms with Gasteiger partial charge in [0.2, 0.25) is 5.91 Å². The van der Waals surface area contributed by atoms with Crippen molar-refractivity contribution in [2.24, 2.45) is 4.99 Å². The second-order valence-electron chi connectivity index (χ2n) is 6.53. The number of amides is 1. The summed E-state index contributed by atoms with van der Waals surface area (Å²) in [4.78, 5) is 16.1. The van der Waals surface area contributed by atoms with Gasteiger partial charge in [0.05, 0.1) is 13.0 Å². The van der Waals surface area contributed by atoms with Gasteiger partial charge >= 0.3 is 0 Å². The number of nitrogens with one attached hydrogen (secondary N) is 3. The minimum absolute atomic E-state index is 0.118. The van der Waals surface area contributed by atoms with Crippen LogP contribution in [0.3, 0.4) is 0 Å². The number of aliphatic imine (C=N–C) groups is 1. The molecule has 0 aromatic heterocycles. The number of nitrogens with zero attached hydrogens (tertiary/aromatic N) is 1. The molecule has 1 aliphatic heterocycles. The van der Waals surface area contributed by atoms with Gasteiger partial charge in [-0.3, -0.25) is 9.79 Å². The van der Waals surface area contributed by atoms with E-state index in [9.17, 15) is 9.18 Å². The number of halogens is 1. The highest BCUT2D eigenvalue weighted by Gasteiger charge is 2.20. The third kappa shape index (κ3) is 6.38. The molecule has 154 valence electrons. The van der Waals surface area contributed by atoms with Gasteiger partial charge in [-0.05, 0) is 29.8 Å². The van der Waals surface area contributed by atoms with Crippen LogP contribution in [0.15, 0.2) is 53.5 Å². The van der Waals surface area contributed by atoms with Crippen molar-refractivity contribution in [2.75, 3.05) is 33.3 Å². The number of carbonyl (C=O) groups excluding carboxylic acids is 1. The predicted molar refractivity (Wildman–Crippen MR) is 109 cm³/mol. The summed E-state index contributed by atoms with van der Waals surface area (Å²) >= 11 is 0. The van der Waals surface area contributed by atoms with Crippen LogP contribution in [0.4, 0.5) is 4.39 Å². The van der Waals surface area contributed by atoms with Crippen LogP contribution in [0.5, 0.6) is 11.5 Å². The number of ether oxygens (including phenoxy) is 2. The van der Waals surface area contributed by atoms with Crippen molar-refractivity contribution in [3.8, 4) is 11.5 Å². The number of hydrogen-bond donors (Lipinski definition) is 3. The van der Waals surface area contributed by atoms with E-state index in [1.807, 2.05) is 24.3 Å². The Morgan fingerprint density at radius 1 is 1.07 bits per heavy atom. The molecule has 0 radical (unpaired) electrons. The molecule has 0 bridgehead atoms. The summed E-state index contributed by atoms with van der Waals surface area (Å²) in [5, 5.41) is 9.14. The Morgan fingerprint density at radius 2 is 1.79 bits per heavy atom. The Kier molecular flexibility index (Phi) is 7.27. The van der Waals surface area contributed by atoms with E-state index in [-0.39, 0.29) is 24.2 Å². The van der Waals surface area contributed by atoms with Crippen molar-refractivity contribution in [1.29, 1.82) is 0 Å². The van der Waals surface area contributed by atoms with Crippen LogP contribution >= 0.6 is 0 Å². The van der Waals surface area contributed by atoms with Crippen LogP contribution in [-0.2, 0) is 11.2 Å². The fourth-order valence-corrected chi connectivity index (χ4v) is 2.83. The number of guanidine groups is 1. The summed E-state index contributed by atoms with van der Waals surface area (Å²) in [5.74, 6) is 1.67. The van der Waals surface area contributed by atoms with E-state index >= 15 is 0 Å². The van der Waals surface area contributed by atoms with Crippen molar-refractivity contribution < 1.29 is 18.7 Å². The van der Waals surface area contributed by atoms with Gasteiger partial charge in [-0.2, -0.15) is 0 Å². The van der Waals surface area contributed by atoms with Crippen molar-refractivity contribution in [2.45, 2.75) is 12.5 Å². The van der Waals surface area contributed by atoms with E-state index in [4.69, 9.17) is 9.47 Å². The van der Waals surface area contributed by atoms with Gasteiger partial charge in [-0.25, -0.2) is 4.39 Å². The molecule has 1 aliphatic rings. The van der Waals surface area contributed by atoms with Gasteiger partial charge in [0.15, 0.2) is 17.5 Å². The van der Waals surface area contributed by atoms with Gasteiger partial charge in [0.1, 0.15) is 18.5 Å². The zero-order chi connectivity index (χ0) is 20.5. The molecule has 1 unspecified atom stereocenters. The van der Waals surface area contributed by atoms with Crippen LogP contribution in [0.2, 0.25) is 0 Å². The molecule has 8 heteroatoms. The summed E-state index contributed by atoms with van der Waals surface area (Å²) < 4.78 is 24.5. The number of carbonyl (C=O) groups is 1. The van der Waals surface area contributed by atoms with E-state index in [0.29, 0.717) is 32.2 Å². The number of fused-ring (bicyclic) bond motifs is 1. The number of hydrogen-bond acceptors (Lipinski definition) is 4. The van der Waals surface area contributed by atoms with Crippen LogP contribution in [0, 0.1) is 5.82 Å². The lowest BCUT2D eigenvalue weighted by Gasteiger charge is -2.27. The van der Waals surface area contributed by atoms with Gasteiger partial charge in [0.25, 0.3) is 0 Å². The Balaban J connectivity index is 1.32. The maximum Gasteiger partial charge on any atom is 0.224 e. The molecular weight excluding hydrogens is 375 g/mol. The Morgan fingerprint density at radius 3 is 2.55 bits per heavy atom. The molecule has 2 aromatic rings. The lowest BCUT2D eigenvalue weighted by Crippen LogP contribution is -2.46. The van der Waals surface area contributed by atoms with Gasteiger partial charge in [-0.1, -0.05) is 24.3 Å². The molecule has 0 saturated carbocycles. The molecule has 29 heavy (non-hydrogen) atoms. The molecule has 2 aromatic carbocycles. The topological polar surface area (TPSA) is 84.0 Å². The van der Waals surface area contributed by atoms with Crippen LogP contribution in [-0.4, -0.2) is 51.3 Å². The normalized spacial score (nSPS) is 15.5. The van der Waals surface area contributed by atoms with E-state index in [1.165, 1.54) is 12.1 Å². The second-order valence-corrected chi connectivity index (χ2v) is 6.53. The molecule has 1 atom stereocenters. The van der Waals surface area contributed by atoms with Crippen LogP contribution < -0.4 is 25.4 Å². The minimum Gasteiger partial charge on any atom is -0.486 e. The van der Waals surface area contributed by atoms with E-state index in [2.05, 4.69) is 20.9 Å². The van der Waals surface area contributed by atoms with Gasteiger partial charge in [-0.15, -0.1) is 0 Å². The zero-order valence-electron chi connectivity index (χ0n) is 16.3.